The Balaban J connectivity index is 1.72. The zero-order valence-corrected chi connectivity index (χ0v) is 16.6. The Morgan fingerprint density at radius 3 is 2.22 bits per heavy atom. The van der Waals surface area contributed by atoms with Gasteiger partial charge in [-0.2, -0.15) is 4.31 Å². The Bertz CT molecular complexity index is 948. The van der Waals surface area contributed by atoms with E-state index in [0.717, 1.165) is 11.1 Å². The molecule has 1 heterocycles. The summed E-state index contributed by atoms with van der Waals surface area (Å²) >= 11 is 0. The lowest BCUT2D eigenvalue weighted by molar-refractivity contribution is 0.0697. The Kier molecular flexibility index (Phi) is 5.53. The monoisotopic (exact) mass is 388 g/mol. The minimum atomic E-state index is -3.59. The predicted molar refractivity (Wildman–Crippen MR) is 104 cm³/mol. The van der Waals surface area contributed by atoms with Gasteiger partial charge in [0, 0.05) is 31.7 Å². The number of hydrogen-bond acceptors (Lipinski definition) is 4. The van der Waals surface area contributed by atoms with E-state index in [2.05, 4.69) is 0 Å². The Morgan fingerprint density at radius 1 is 0.963 bits per heavy atom. The average Bonchev–Trinajstić information content (AvgIpc) is 2.68. The molecule has 144 valence electrons. The lowest BCUT2D eigenvalue weighted by atomic mass is 10.1. The molecule has 6 nitrogen and oxygen atoms in total. The third kappa shape index (κ3) is 3.84. The van der Waals surface area contributed by atoms with Crippen LogP contribution in [-0.4, -0.2) is 56.8 Å². The second-order valence-corrected chi connectivity index (χ2v) is 8.58. The van der Waals surface area contributed by atoms with Gasteiger partial charge in [0.1, 0.15) is 5.75 Å². The summed E-state index contributed by atoms with van der Waals surface area (Å²) in [6.07, 6.45) is 0. The summed E-state index contributed by atoms with van der Waals surface area (Å²) in [6, 6.07) is 12.3. The first kappa shape index (κ1) is 19.4. The van der Waals surface area contributed by atoms with Crippen molar-refractivity contribution in [3.05, 3.63) is 59.2 Å². The van der Waals surface area contributed by atoms with Crippen molar-refractivity contribution >= 4 is 15.9 Å². The van der Waals surface area contributed by atoms with E-state index in [1.807, 2.05) is 32.0 Å². The molecular formula is C20H24N2O4S. The highest BCUT2D eigenvalue weighted by molar-refractivity contribution is 7.89. The van der Waals surface area contributed by atoms with Crippen LogP contribution >= 0.6 is 0 Å². The summed E-state index contributed by atoms with van der Waals surface area (Å²) in [4.78, 5) is 14.7. The molecule has 3 rings (SSSR count). The van der Waals surface area contributed by atoms with Gasteiger partial charge in [-0.05, 0) is 49.2 Å². The molecule has 0 saturated carbocycles. The zero-order chi connectivity index (χ0) is 19.6. The van der Waals surface area contributed by atoms with Gasteiger partial charge in [0.25, 0.3) is 5.91 Å². The molecular weight excluding hydrogens is 364 g/mol. The van der Waals surface area contributed by atoms with Crippen LogP contribution in [-0.2, 0) is 10.0 Å². The summed E-state index contributed by atoms with van der Waals surface area (Å²) in [5, 5.41) is 0. The maximum atomic E-state index is 12.9. The van der Waals surface area contributed by atoms with E-state index in [4.69, 9.17) is 4.74 Å². The largest absolute Gasteiger partial charge is 0.496 e. The number of piperazine rings is 1. The fraction of sp³-hybridized carbons (Fsp3) is 0.350. The minimum absolute atomic E-state index is 0.0505. The maximum absolute atomic E-state index is 12.9. The zero-order valence-electron chi connectivity index (χ0n) is 15.8. The number of methoxy groups -OCH3 is 1. The van der Waals surface area contributed by atoms with Gasteiger partial charge in [-0.3, -0.25) is 4.79 Å². The molecule has 0 radical (unpaired) electrons. The molecule has 27 heavy (non-hydrogen) atoms. The minimum Gasteiger partial charge on any atom is -0.496 e. The van der Waals surface area contributed by atoms with Gasteiger partial charge in [-0.25, -0.2) is 8.42 Å². The quantitative estimate of drug-likeness (QED) is 0.807. The molecule has 1 aliphatic heterocycles. The van der Waals surface area contributed by atoms with E-state index in [-0.39, 0.29) is 23.9 Å². The van der Waals surface area contributed by atoms with Gasteiger partial charge in [-0.15, -0.1) is 0 Å². The molecule has 0 aromatic heterocycles. The smallest absolute Gasteiger partial charge is 0.254 e. The molecule has 1 aliphatic rings. The molecule has 0 spiro atoms. The first-order valence-electron chi connectivity index (χ1n) is 8.84. The SMILES string of the molecule is COc1ccc(S(=O)(=O)N2CCN(C(=O)c3ccccc3C)CC2)cc1C. The highest BCUT2D eigenvalue weighted by atomic mass is 32.2. The second kappa shape index (κ2) is 7.70. The van der Waals surface area contributed by atoms with Crippen LogP contribution < -0.4 is 4.74 Å². The summed E-state index contributed by atoms with van der Waals surface area (Å²) in [7, 11) is -2.03. The molecule has 1 fully saturated rings. The van der Waals surface area contributed by atoms with E-state index in [9.17, 15) is 13.2 Å². The number of carbonyl (C=O) groups is 1. The van der Waals surface area contributed by atoms with E-state index >= 15 is 0 Å². The molecule has 2 aromatic carbocycles. The standard InChI is InChI=1S/C20H24N2O4S/c1-15-6-4-5-7-18(15)20(23)21-10-12-22(13-11-21)27(24,25)17-8-9-19(26-3)16(2)14-17/h4-9,14H,10-13H2,1-3H3. The van der Waals surface area contributed by atoms with Crippen LogP contribution in [0.15, 0.2) is 47.4 Å². The molecule has 1 saturated heterocycles. The number of benzene rings is 2. The molecule has 1 amide bonds. The highest BCUT2D eigenvalue weighted by Gasteiger charge is 2.31. The lowest BCUT2D eigenvalue weighted by Crippen LogP contribution is -2.50. The Morgan fingerprint density at radius 2 is 1.63 bits per heavy atom. The molecule has 0 aliphatic carbocycles. The number of aryl methyl sites for hydroxylation is 2. The number of hydrogen-bond donors (Lipinski definition) is 0. The van der Waals surface area contributed by atoms with Crippen LogP contribution in [0, 0.1) is 13.8 Å². The molecule has 0 unspecified atom stereocenters. The molecule has 0 N–H and O–H groups in total. The number of sulfonamides is 1. The highest BCUT2D eigenvalue weighted by Crippen LogP contribution is 2.24. The average molecular weight is 388 g/mol. The van der Waals surface area contributed by atoms with E-state index in [1.165, 1.54) is 4.31 Å². The van der Waals surface area contributed by atoms with Gasteiger partial charge < -0.3 is 9.64 Å². The van der Waals surface area contributed by atoms with Gasteiger partial charge in [0.05, 0.1) is 12.0 Å². The van der Waals surface area contributed by atoms with Crippen molar-refractivity contribution in [2.45, 2.75) is 18.7 Å². The number of ether oxygens (including phenoxy) is 1. The predicted octanol–water partition coefficient (Wildman–Crippen LogP) is 2.46. The van der Waals surface area contributed by atoms with E-state index < -0.39 is 10.0 Å². The van der Waals surface area contributed by atoms with Crippen molar-refractivity contribution in [3.63, 3.8) is 0 Å². The van der Waals surface area contributed by atoms with Crippen LogP contribution in [0.4, 0.5) is 0 Å². The Hall–Kier alpha value is -2.38. The Labute approximate surface area is 160 Å². The van der Waals surface area contributed by atoms with Crippen LogP contribution in [0.25, 0.3) is 0 Å². The number of carbonyl (C=O) groups excluding carboxylic acids is 1. The molecule has 7 heteroatoms. The van der Waals surface area contributed by atoms with Crippen LogP contribution in [0.3, 0.4) is 0 Å². The normalized spacial score (nSPS) is 15.6. The third-order valence-electron chi connectivity index (χ3n) is 4.91. The van der Waals surface area contributed by atoms with Gasteiger partial charge in [0.15, 0.2) is 0 Å². The van der Waals surface area contributed by atoms with Crippen LogP contribution in [0.1, 0.15) is 21.5 Å². The van der Waals surface area contributed by atoms with Crippen molar-refractivity contribution in [2.24, 2.45) is 0 Å². The lowest BCUT2D eigenvalue weighted by Gasteiger charge is -2.34. The van der Waals surface area contributed by atoms with Crippen molar-refractivity contribution in [2.75, 3.05) is 33.3 Å². The first-order chi connectivity index (χ1) is 12.8. The van der Waals surface area contributed by atoms with Crippen molar-refractivity contribution in [3.8, 4) is 5.75 Å². The summed E-state index contributed by atoms with van der Waals surface area (Å²) in [5.74, 6) is 0.605. The topological polar surface area (TPSA) is 66.9 Å². The first-order valence-corrected chi connectivity index (χ1v) is 10.3. The molecule has 0 atom stereocenters. The number of nitrogens with zero attached hydrogens (tertiary/aromatic N) is 2. The van der Waals surface area contributed by atoms with Crippen LogP contribution in [0.5, 0.6) is 5.75 Å². The maximum Gasteiger partial charge on any atom is 0.254 e. The summed E-state index contributed by atoms with van der Waals surface area (Å²) < 4.78 is 32.5. The number of amides is 1. The fourth-order valence-electron chi connectivity index (χ4n) is 3.28. The van der Waals surface area contributed by atoms with Gasteiger partial charge in [-0.1, -0.05) is 18.2 Å². The van der Waals surface area contributed by atoms with Crippen LogP contribution in [0.2, 0.25) is 0 Å². The summed E-state index contributed by atoms with van der Waals surface area (Å²) in [6.45, 7) is 5.04. The molecule has 2 aromatic rings. The van der Waals surface area contributed by atoms with Crippen molar-refractivity contribution < 1.29 is 17.9 Å². The number of rotatable bonds is 4. The second-order valence-electron chi connectivity index (χ2n) is 6.64. The third-order valence-corrected chi connectivity index (χ3v) is 6.80. The van der Waals surface area contributed by atoms with E-state index in [0.29, 0.717) is 24.4 Å². The fourth-order valence-corrected chi connectivity index (χ4v) is 4.78. The molecule has 0 bridgehead atoms. The van der Waals surface area contributed by atoms with E-state index in [1.54, 1.807) is 36.3 Å². The van der Waals surface area contributed by atoms with Gasteiger partial charge >= 0.3 is 0 Å². The van der Waals surface area contributed by atoms with Crippen molar-refractivity contribution in [1.82, 2.24) is 9.21 Å². The van der Waals surface area contributed by atoms with Gasteiger partial charge in [0.2, 0.25) is 10.0 Å². The van der Waals surface area contributed by atoms with Crippen molar-refractivity contribution in [1.29, 1.82) is 0 Å². The summed E-state index contributed by atoms with van der Waals surface area (Å²) in [5.41, 5.74) is 2.36.